The molecule has 2 heterocycles. The summed E-state index contributed by atoms with van der Waals surface area (Å²) in [7, 11) is 0. The Morgan fingerprint density at radius 3 is 3.31 bits per heavy atom. The number of hydrogen-bond acceptors (Lipinski definition) is 4. The molecule has 0 atom stereocenters. The Bertz CT molecular complexity index is 285. The predicted molar refractivity (Wildman–Crippen MR) is 45.0 cm³/mol. The molecule has 0 aliphatic carbocycles. The predicted octanol–water partition coefficient (Wildman–Crippen LogP) is 0.345. The molecule has 5 nitrogen and oxygen atoms in total. The van der Waals surface area contributed by atoms with Crippen molar-refractivity contribution in [3.63, 3.8) is 0 Å². The lowest BCUT2D eigenvalue weighted by Crippen LogP contribution is -2.19. The molecule has 0 N–H and O–H groups in total. The number of nitrogens with zero attached hydrogens (tertiary/aromatic N) is 3. The fourth-order valence-electron chi connectivity index (χ4n) is 1.36. The summed E-state index contributed by atoms with van der Waals surface area (Å²) in [6.45, 7) is 5.37. The summed E-state index contributed by atoms with van der Waals surface area (Å²) in [6, 6.07) is 0. The quantitative estimate of drug-likeness (QED) is 0.678. The van der Waals surface area contributed by atoms with Crippen molar-refractivity contribution in [1.29, 1.82) is 0 Å². The average Bonchev–Trinajstić information content (AvgIpc) is 2.58. The molecule has 0 fully saturated rings. The highest BCUT2D eigenvalue weighted by Crippen LogP contribution is 2.09. The van der Waals surface area contributed by atoms with E-state index in [9.17, 15) is 0 Å². The van der Waals surface area contributed by atoms with Gasteiger partial charge >= 0.3 is 0 Å². The second-order valence-corrected chi connectivity index (χ2v) is 2.87. The third-order valence-electron chi connectivity index (χ3n) is 2.03. The molecular weight excluding hydrogens is 170 g/mol. The van der Waals surface area contributed by atoms with E-state index in [2.05, 4.69) is 14.8 Å². The Kier molecular flexibility index (Phi) is 2.56. The average molecular weight is 183 g/mol. The Morgan fingerprint density at radius 2 is 2.46 bits per heavy atom. The van der Waals surface area contributed by atoms with Gasteiger partial charge in [0.05, 0.1) is 6.61 Å². The Morgan fingerprint density at radius 1 is 1.54 bits per heavy atom. The number of ether oxygens (including phenoxy) is 2. The van der Waals surface area contributed by atoms with Crippen LogP contribution in [0, 0.1) is 0 Å². The van der Waals surface area contributed by atoms with Crippen LogP contribution in [0.3, 0.4) is 0 Å². The maximum absolute atomic E-state index is 5.28. The van der Waals surface area contributed by atoms with Crippen molar-refractivity contribution in [2.24, 2.45) is 0 Å². The van der Waals surface area contributed by atoms with Crippen LogP contribution in [0.2, 0.25) is 0 Å². The Labute approximate surface area is 76.7 Å². The zero-order valence-corrected chi connectivity index (χ0v) is 7.69. The normalized spacial score (nSPS) is 15.8. The second kappa shape index (κ2) is 3.85. The number of fused-ring (bicyclic) bond motifs is 1. The van der Waals surface area contributed by atoms with Gasteiger partial charge in [-0.2, -0.15) is 0 Å². The monoisotopic (exact) mass is 183 g/mol. The van der Waals surface area contributed by atoms with Gasteiger partial charge in [-0.1, -0.05) is 0 Å². The van der Waals surface area contributed by atoms with Crippen molar-refractivity contribution in [2.75, 3.05) is 13.2 Å². The Hall–Kier alpha value is -0.940. The number of rotatable bonds is 3. The second-order valence-electron chi connectivity index (χ2n) is 2.87. The molecule has 0 amide bonds. The smallest absolute Gasteiger partial charge is 0.159 e. The highest BCUT2D eigenvalue weighted by Gasteiger charge is 2.15. The van der Waals surface area contributed by atoms with Gasteiger partial charge in [0.25, 0.3) is 0 Å². The van der Waals surface area contributed by atoms with Gasteiger partial charge in [-0.15, -0.1) is 10.2 Å². The molecule has 0 unspecified atom stereocenters. The molecular formula is C8H13N3O2. The molecule has 0 saturated heterocycles. The molecule has 0 radical (unpaired) electrons. The van der Waals surface area contributed by atoms with E-state index in [1.165, 1.54) is 0 Å². The first-order valence-electron chi connectivity index (χ1n) is 4.48. The molecule has 1 aliphatic rings. The summed E-state index contributed by atoms with van der Waals surface area (Å²) in [5, 5.41) is 8.06. The highest BCUT2D eigenvalue weighted by atomic mass is 16.5. The summed E-state index contributed by atoms with van der Waals surface area (Å²) in [6.07, 6.45) is 0. The van der Waals surface area contributed by atoms with Gasteiger partial charge in [0, 0.05) is 13.2 Å². The molecule has 5 heteroatoms. The first-order chi connectivity index (χ1) is 6.42. The van der Waals surface area contributed by atoms with Crippen LogP contribution in [0.1, 0.15) is 18.6 Å². The molecule has 1 aromatic rings. The molecule has 72 valence electrons. The molecule has 0 aromatic carbocycles. The molecule has 2 rings (SSSR count). The number of hydrogen-bond donors (Lipinski definition) is 0. The summed E-state index contributed by atoms with van der Waals surface area (Å²) in [5.41, 5.74) is 0. The maximum Gasteiger partial charge on any atom is 0.159 e. The van der Waals surface area contributed by atoms with Crippen LogP contribution < -0.4 is 0 Å². The lowest BCUT2D eigenvalue weighted by molar-refractivity contribution is 0.0750. The minimum absolute atomic E-state index is 0.545. The lowest BCUT2D eigenvalue weighted by atomic mass is 10.5. The fourth-order valence-corrected chi connectivity index (χ4v) is 1.36. The van der Waals surface area contributed by atoms with Crippen molar-refractivity contribution in [2.45, 2.75) is 26.7 Å². The van der Waals surface area contributed by atoms with E-state index < -0.39 is 0 Å². The van der Waals surface area contributed by atoms with Crippen LogP contribution in [0.5, 0.6) is 0 Å². The summed E-state index contributed by atoms with van der Waals surface area (Å²) >= 11 is 0. The first kappa shape index (κ1) is 8.65. The molecule has 1 aliphatic heterocycles. The van der Waals surface area contributed by atoms with Crippen LogP contribution in [-0.4, -0.2) is 28.0 Å². The van der Waals surface area contributed by atoms with E-state index in [4.69, 9.17) is 9.47 Å². The topological polar surface area (TPSA) is 49.2 Å². The molecule has 0 saturated carbocycles. The van der Waals surface area contributed by atoms with Gasteiger partial charge in [-0.05, 0) is 6.92 Å². The summed E-state index contributed by atoms with van der Waals surface area (Å²) in [5.74, 6) is 1.81. The van der Waals surface area contributed by atoms with Gasteiger partial charge in [-0.25, -0.2) is 0 Å². The van der Waals surface area contributed by atoms with Gasteiger partial charge in [-0.3, -0.25) is 0 Å². The van der Waals surface area contributed by atoms with Crippen molar-refractivity contribution in [3.05, 3.63) is 11.6 Å². The van der Waals surface area contributed by atoms with Crippen LogP contribution in [0.15, 0.2) is 0 Å². The van der Waals surface area contributed by atoms with E-state index in [-0.39, 0.29) is 0 Å². The van der Waals surface area contributed by atoms with E-state index in [0.29, 0.717) is 19.8 Å². The zero-order chi connectivity index (χ0) is 9.10. The van der Waals surface area contributed by atoms with Crippen molar-refractivity contribution in [1.82, 2.24) is 14.8 Å². The van der Waals surface area contributed by atoms with Crippen LogP contribution >= 0.6 is 0 Å². The minimum atomic E-state index is 0.545. The third-order valence-corrected chi connectivity index (χ3v) is 2.03. The fraction of sp³-hybridized carbons (Fsp3) is 0.750. The van der Waals surface area contributed by atoms with Crippen LogP contribution in [-0.2, 0) is 29.2 Å². The molecule has 0 bridgehead atoms. The van der Waals surface area contributed by atoms with E-state index in [0.717, 1.165) is 24.8 Å². The molecule has 1 aromatic heterocycles. The SMILES string of the molecule is CCOCc1nnc2n1CCOC2. The van der Waals surface area contributed by atoms with Gasteiger partial charge in [0.15, 0.2) is 11.6 Å². The first-order valence-corrected chi connectivity index (χ1v) is 4.48. The largest absolute Gasteiger partial charge is 0.374 e. The lowest BCUT2D eigenvalue weighted by Gasteiger charge is -2.15. The van der Waals surface area contributed by atoms with Crippen LogP contribution in [0.4, 0.5) is 0 Å². The standard InChI is InChI=1S/C8H13N3O2/c1-2-12-5-7-9-10-8-6-13-4-3-11(7)8/h2-6H2,1H3. The van der Waals surface area contributed by atoms with Gasteiger partial charge in [0.1, 0.15) is 13.2 Å². The van der Waals surface area contributed by atoms with E-state index in [1.807, 2.05) is 6.92 Å². The third kappa shape index (κ3) is 1.71. The maximum atomic E-state index is 5.28. The van der Waals surface area contributed by atoms with Crippen molar-refractivity contribution < 1.29 is 9.47 Å². The van der Waals surface area contributed by atoms with Crippen molar-refractivity contribution in [3.8, 4) is 0 Å². The molecule has 0 spiro atoms. The van der Waals surface area contributed by atoms with Crippen molar-refractivity contribution >= 4 is 0 Å². The van der Waals surface area contributed by atoms with E-state index in [1.54, 1.807) is 0 Å². The Balaban J connectivity index is 2.12. The summed E-state index contributed by atoms with van der Waals surface area (Å²) in [4.78, 5) is 0. The molecule has 13 heavy (non-hydrogen) atoms. The number of aromatic nitrogens is 3. The minimum Gasteiger partial charge on any atom is -0.374 e. The van der Waals surface area contributed by atoms with E-state index >= 15 is 0 Å². The highest BCUT2D eigenvalue weighted by molar-refractivity contribution is 4.95. The summed E-state index contributed by atoms with van der Waals surface area (Å²) < 4.78 is 12.6. The van der Waals surface area contributed by atoms with Gasteiger partial charge < -0.3 is 14.0 Å². The van der Waals surface area contributed by atoms with Gasteiger partial charge in [0.2, 0.25) is 0 Å². The zero-order valence-electron chi connectivity index (χ0n) is 7.69. The van der Waals surface area contributed by atoms with Crippen LogP contribution in [0.25, 0.3) is 0 Å².